The number of thioether (sulfide) groups is 1. The van der Waals surface area contributed by atoms with E-state index in [0.29, 0.717) is 32.2 Å². The minimum Gasteiger partial charge on any atom is -0.508 e. The first-order valence-corrected chi connectivity index (χ1v) is 21.3. The average molecular weight is 796 g/mol. The fourth-order valence-electron chi connectivity index (χ4n) is 8.01. The molecule has 3 N–H and O–H groups in total. The lowest BCUT2D eigenvalue weighted by atomic mass is 9.89. The van der Waals surface area contributed by atoms with Crippen molar-refractivity contribution in [2.24, 2.45) is 17.8 Å². The van der Waals surface area contributed by atoms with Crippen LogP contribution in [0, 0.1) is 17.8 Å². The van der Waals surface area contributed by atoms with Gasteiger partial charge in [0, 0.05) is 44.5 Å². The molecule has 312 valence electrons. The van der Waals surface area contributed by atoms with Crippen molar-refractivity contribution >= 4 is 35.4 Å². The first-order valence-electron chi connectivity index (χ1n) is 20.4. The van der Waals surface area contributed by atoms with Crippen LogP contribution in [0.3, 0.4) is 0 Å². The highest BCUT2D eigenvalue weighted by molar-refractivity contribution is 8.00. The van der Waals surface area contributed by atoms with E-state index < -0.39 is 12.1 Å². The van der Waals surface area contributed by atoms with E-state index in [4.69, 9.17) is 4.74 Å². The molecular formula is C44H69N5O6S. The van der Waals surface area contributed by atoms with Gasteiger partial charge in [-0.05, 0) is 81.3 Å². The molecule has 0 bridgehead atoms. The van der Waals surface area contributed by atoms with E-state index >= 15 is 0 Å². The third-order valence-corrected chi connectivity index (χ3v) is 12.2. The van der Waals surface area contributed by atoms with Crippen molar-refractivity contribution in [1.82, 2.24) is 25.3 Å². The van der Waals surface area contributed by atoms with Crippen LogP contribution < -0.4 is 10.6 Å². The Labute approximate surface area is 340 Å². The van der Waals surface area contributed by atoms with Gasteiger partial charge in [-0.1, -0.05) is 84.4 Å². The number of phenols is 1. The van der Waals surface area contributed by atoms with Gasteiger partial charge in [0.15, 0.2) is 0 Å². The van der Waals surface area contributed by atoms with Crippen molar-refractivity contribution < 1.29 is 29.0 Å². The molecule has 3 rings (SSSR count). The molecule has 1 aliphatic rings. The van der Waals surface area contributed by atoms with Crippen LogP contribution >= 0.6 is 11.8 Å². The predicted octanol–water partition coefficient (Wildman–Crippen LogP) is 6.34. The van der Waals surface area contributed by atoms with Gasteiger partial charge < -0.3 is 30.3 Å². The lowest BCUT2D eigenvalue weighted by molar-refractivity contribution is -0.146. The van der Waals surface area contributed by atoms with Crippen LogP contribution in [-0.4, -0.2) is 114 Å². The molecule has 11 nitrogen and oxygen atoms in total. The highest BCUT2D eigenvalue weighted by atomic mass is 32.2. The number of hydrogen-bond donors (Lipinski definition) is 3. The lowest BCUT2D eigenvalue weighted by Crippen LogP contribution is -2.59. The van der Waals surface area contributed by atoms with Gasteiger partial charge >= 0.3 is 0 Å². The summed E-state index contributed by atoms with van der Waals surface area (Å²) in [4.78, 5) is 61.3. The van der Waals surface area contributed by atoms with Crippen LogP contribution in [0.15, 0.2) is 59.5 Å². The Balaban J connectivity index is 1.65. The Kier molecular flexibility index (Phi) is 19.2. The van der Waals surface area contributed by atoms with Gasteiger partial charge in [-0.15, -0.1) is 11.8 Å². The maximum absolute atomic E-state index is 14.2. The van der Waals surface area contributed by atoms with Crippen molar-refractivity contribution in [2.45, 2.75) is 133 Å². The molecule has 0 spiro atoms. The summed E-state index contributed by atoms with van der Waals surface area (Å²) in [7, 11) is 7.10. The summed E-state index contributed by atoms with van der Waals surface area (Å²) in [6.07, 6.45) is 4.47. The number of aromatic hydroxyl groups is 1. The second kappa shape index (κ2) is 23.0. The summed E-state index contributed by atoms with van der Waals surface area (Å²) >= 11 is 1.51. The van der Waals surface area contributed by atoms with E-state index in [0.717, 1.165) is 29.7 Å². The first-order chi connectivity index (χ1) is 26.6. The van der Waals surface area contributed by atoms with E-state index in [1.165, 1.54) is 11.8 Å². The number of phenolic OH excluding ortho intramolecular Hbond substituents is 1. The molecule has 7 unspecified atom stereocenters. The molecule has 12 heteroatoms. The molecule has 7 atom stereocenters. The highest BCUT2D eigenvalue weighted by Crippen LogP contribution is 2.29. The average Bonchev–Trinajstić information content (AvgIpc) is 3.61. The van der Waals surface area contributed by atoms with E-state index in [9.17, 15) is 24.3 Å². The number of methoxy groups -OCH3 is 1. The number of amides is 4. The molecule has 1 heterocycles. The maximum Gasteiger partial charge on any atom is 0.245 e. The number of carbonyl (C=O) groups excluding carboxylic acids is 4. The molecule has 2 aromatic carbocycles. The maximum atomic E-state index is 14.2. The van der Waals surface area contributed by atoms with E-state index in [1.54, 1.807) is 37.3 Å². The Morgan fingerprint density at radius 1 is 0.964 bits per heavy atom. The molecule has 1 saturated heterocycles. The topological polar surface area (TPSA) is 132 Å². The molecule has 1 fully saturated rings. The van der Waals surface area contributed by atoms with Crippen molar-refractivity contribution in [3.63, 3.8) is 0 Å². The summed E-state index contributed by atoms with van der Waals surface area (Å²) in [6.45, 7) is 12.6. The molecular weight excluding hydrogens is 727 g/mol. The van der Waals surface area contributed by atoms with E-state index in [1.807, 2.05) is 88.0 Å². The highest BCUT2D eigenvalue weighted by Gasteiger charge is 2.40. The number of likely N-dealkylation sites (N-methyl/N-ethyl adjacent to an activating group) is 2. The van der Waals surface area contributed by atoms with Gasteiger partial charge in [0.05, 0.1) is 30.0 Å². The number of benzene rings is 2. The summed E-state index contributed by atoms with van der Waals surface area (Å²) in [5.74, 6) is -0.309. The summed E-state index contributed by atoms with van der Waals surface area (Å²) in [5.41, 5.74) is 1.11. The van der Waals surface area contributed by atoms with Gasteiger partial charge in [-0.25, -0.2) is 0 Å². The standard InChI is InChI=1S/C44H69N5O6S/c1-11-31(6)42(48(9)44(54)40(29(2)3)46-43(53)41(30(4)5)47(7)8)36(55-10)28-39(52)49-25-17-21-33(49)20-15-24-37(51)45-38(26-32-18-13-12-14-19-32)56-35-23-16-22-34(50)27-35/h12-14,16,18-19,22-23,27,29-31,33,36,38,40-42,50H,11,15,17,20-21,24-26,28H2,1-10H3,(H,45,51)(H,46,53). The Hall–Kier alpha value is -3.61. The Morgan fingerprint density at radius 3 is 2.25 bits per heavy atom. The summed E-state index contributed by atoms with van der Waals surface area (Å²) in [6, 6.07) is 15.6. The van der Waals surface area contributed by atoms with Gasteiger partial charge in [0.1, 0.15) is 11.8 Å². The number of likely N-dealkylation sites (tertiary alicyclic amines) is 1. The smallest absolute Gasteiger partial charge is 0.245 e. The zero-order valence-corrected chi connectivity index (χ0v) is 36.3. The second-order valence-corrected chi connectivity index (χ2v) is 17.6. The van der Waals surface area contributed by atoms with E-state index in [2.05, 4.69) is 24.5 Å². The number of rotatable bonds is 22. The van der Waals surface area contributed by atoms with Gasteiger partial charge in [-0.2, -0.15) is 0 Å². The molecule has 0 aromatic heterocycles. The number of nitrogens with zero attached hydrogens (tertiary/aromatic N) is 3. The van der Waals surface area contributed by atoms with Gasteiger partial charge in [-0.3, -0.25) is 24.1 Å². The van der Waals surface area contributed by atoms with Crippen molar-refractivity contribution in [1.29, 1.82) is 0 Å². The van der Waals surface area contributed by atoms with Gasteiger partial charge in [0.25, 0.3) is 0 Å². The Morgan fingerprint density at radius 2 is 1.66 bits per heavy atom. The fourth-order valence-corrected chi connectivity index (χ4v) is 9.15. The zero-order chi connectivity index (χ0) is 41.5. The van der Waals surface area contributed by atoms with Crippen LogP contribution in [0.25, 0.3) is 0 Å². The number of nitrogens with one attached hydrogen (secondary N) is 2. The monoisotopic (exact) mass is 795 g/mol. The fraction of sp³-hybridized carbons (Fsp3) is 0.636. The van der Waals surface area contributed by atoms with Crippen LogP contribution in [0.2, 0.25) is 0 Å². The Bertz CT molecular complexity index is 1530. The third kappa shape index (κ3) is 13.8. The van der Waals surface area contributed by atoms with Crippen molar-refractivity contribution in [3.8, 4) is 5.75 Å². The van der Waals surface area contributed by atoms with E-state index in [-0.39, 0.29) is 77.1 Å². The quantitative estimate of drug-likeness (QED) is 0.0931. The largest absolute Gasteiger partial charge is 0.508 e. The predicted molar refractivity (Wildman–Crippen MR) is 225 cm³/mol. The minimum absolute atomic E-state index is 0.0112. The third-order valence-electron chi connectivity index (χ3n) is 11.1. The molecule has 1 aliphatic heterocycles. The van der Waals surface area contributed by atoms with Crippen LogP contribution in [-0.2, 0) is 30.3 Å². The van der Waals surface area contributed by atoms with Crippen molar-refractivity contribution in [3.05, 3.63) is 60.2 Å². The molecule has 0 radical (unpaired) electrons. The zero-order valence-electron chi connectivity index (χ0n) is 35.5. The van der Waals surface area contributed by atoms with Crippen molar-refractivity contribution in [2.75, 3.05) is 34.8 Å². The molecule has 4 amide bonds. The number of carbonyl (C=O) groups is 4. The number of ether oxygens (including phenoxy) is 1. The van der Waals surface area contributed by atoms with Crippen LogP contribution in [0.1, 0.15) is 92.1 Å². The molecule has 2 aromatic rings. The SMILES string of the molecule is CCC(C)C(C(CC(=O)N1CCCC1CCCC(=O)NC(Cc1ccccc1)Sc1cccc(O)c1)OC)N(C)C(=O)C(NC(=O)C(C(C)C)N(C)C)C(C)C. The molecule has 56 heavy (non-hydrogen) atoms. The van der Waals surface area contributed by atoms with Crippen LogP contribution in [0.4, 0.5) is 0 Å². The first kappa shape index (κ1) is 46.8. The molecule has 0 saturated carbocycles. The summed E-state index contributed by atoms with van der Waals surface area (Å²) < 4.78 is 6.03. The summed E-state index contributed by atoms with van der Waals surface area (Å²) in [5, 5.41) is 16.0. The lowest BCUT2D eigenvalue weighted by Gasteiger charge is -2.40. The normalized spacial score (nSPS) is 17.7. The second-order valence-electron chi connectivity index (χ2n) is 16.3. The molecule has 0 aliphatic carbocycles. The minimum atomic E-state index is -0.729. The van der Waals surface area contributed by atoms with Gasteiger partial charge in [0.2, 0.25) is 23.6 Å². The van der Waals surface area contributed by atoms with Crippen LogP contribution in [0.5, 0.6) is 5.75 Å². The number of hydrogen-bond acceptors (Lipinski definition) is 8.